The number of hydrogen-bond donors (Lipinski definition) is 1. The van der Waals surface area contributed by atoms with E-state index in [0.717, 1.165) is 6.42 Å². The molecule has 3 rings (SSSR count). The lowest BCUT2D eigenvalue weighted by atomic mass is 9.67. The zero-order chi connectivity index (χ0) is 11.7. The molecule has 90 valence electrons. The maximum Gasteiger partial charge on any atom is 0.0581 e. The smallest absolute Gasteiger partial charge is 0.0581 e. The second-order valence-corrected chi connectivity index (χ2v) is 7.15. The van der Waals surface area contributed by atoms with E-state index in [1.54, 1.807) is 0 Å². The van der Waals surface area contributed by atoms with Crippen molar-refractivity contribution in [2.24, 2.45) is 28.6 Å². The van der Waals surface area contributed by atoms with Crippen LogP contribution in [0.5, 0.6) is 0 Å². The van der Waals surface area contributed by atoms with Crippen LogP contribution in [-0.2, 0) is 0 Å². The summed E-state index contributed by atoms with van der Waals surface area (Å²) >= 11 is 0. The van der Waals surface area contributed by atoms with Crippen molar-refractivity contribution in [3.8, 4) is 0 Å². The molecule has 0 heterocycles. The predicted octanol–water partition coefficient (Wildman–Crippen LogP) is 3.39. The molecule has 1 nitrogen and oxygen atoms in total. The largest absolute Gasteiger partial charge is 0.393 e. The van der Waals surface area contributed by atoms with Gasteiger partial charge in [0.05, 0.1) is 6.10 Å². The Bertz CT molecular complexity index is 343. The molecular weight excluding hydrogens is 196 g/mol. The van der Waals surface area contributed by atoms with Gasteiger partial charge in [0.25, 0.3) is 0 Å². The molecule has 1 spiro atoms. The number of aliphatic hydroxyl groups is 1. The van der Waals surface area contributed by atoms with Gasteiger partial charge in [-0.3, -0.25) is 0 Å². The van der Waals surface area contributed by atoms with Crippen LogP contribution in [0.1, 0.15) is 46.5 Å². The lowest BCUT2D eigenvalue weighted by Crippen LogP contribution is -2.35. The van der Waals surface area contributed by atoms with Gasteiger partial charge in [0, 0.05) is 0 Å². The monoisotopic (exact) mass is 220 g/mol. The number of allylic oxidation sites excluding steroid dienone is 1. The van der Waals surface area contributed by atoms with E-state index in [9.17, 15) is 5.11 Å². The van der Waals surface area contributed by atoms with Crippen LogP contribution in [0, 0.1) is 28.6 Å². The summed E-state index contributed by atoms with van der Waals surface area (Å²) in [4.78, 5) is 0. The van der Waals surface area contributed by atoms with E-state index in [0.29, 0.717) is 23.2 Å². The third kappa shape index (κ3) is 1.01. The van der Waals surface area contributed by atoms with Crippen molar-refractivity contribution in [2.75, 3.05) is 0 Å². The number of fused-ring (bicyclic) bond motifs is 1. The standard InChI is InChI=1S/C15H24O/c1-9-5-6-15-8-11(9)14(3,4)13(15)12(16)7-10(15)2/h10-13,16H,1,5-8H2,2-4H3/t10-,11-,12+,13?,15?/m1/s1. The van der Waals surface area contributed by atoms with E-state index in [1.165, 1.54) is 24.8 Å². The molecule has 3 saturated carbocycles. The van der Waals surface area contributed by atoms with Crippen molar-refractivity contribution in [3.05, 3.63) is 12.2 Å². The van der Waals surface area contributed by atoms with Crippen molar-refractivity contribution >= 4 is 0 Å². The normalized spacial score (nSPS) is 54.1. The van der Waals surface area contributed by atoms with Crippen LogP contribution in [0.2, 0.25) is 0 Å². The van der Waals surface area contributed by atoms with Gasteiger partial charge in [0.2, 0.25) is 0 Å². The first-order valence-corrected chi connectivity index (χ1v) is 6.75. The van der Waals surface area contributed by atoms with Gasteiger partial charge in [-0.25, -0.2) is 0 Å². The average molecular weight is 220 g/mol. The predicted molar refractivity (Wildman–Crippen MR) is 66.0 cm³/mol. The molecular formula is C15H24O. The van der Waals surface area contributed by atoms with E-state index in [-0.39, 0.29) is 11.5 Å². The molecule has 0 aromatic carbocycles. The minimum absolute atomic E-state index is 0.0686. The summed E-state index contributed by atoms with van der Waals surface area (Å²) in [6, 6.07) is 0. The molecule has 16 heavy (non-hydrogen) atoms. The quantitative estimate of drug-likeness (QED) is 0.620. The third-order valence-corrected chi connectivity index (χ3v) is 6.27. The second-order valence-electron chi connectivity index (χ2n) is 7.15. The number of aliphatic hydroxyl groups excluding tert-OH is 1. The molecule has 0 radical (unpaired) electrons. The van der Waals surface area contributed by atoms with E-state index >= 15 is 0 Å². The SMILES string of the molecule is C=C1CCC23C[C@H]1C(C)(C)C2[C@@H](O)C[C@H]3C. The summed E-state index contributed by atoms with van der Waals surface area (Å²) < 4.78 is 0. The first-order valence-electron chi connectivity index (χ1n) is 6.75. The highest BCUT2D eigenvalue weighted by Crippen LogP contribution is 2.72. The number of rotatable bonds is 0. The van der Waals surface area contributed by atoms with E-state index < -0.39 is 0 Å². The highest BCUT2D eigenvalue weighted by Gasteiger charge is 2.66. The Morgan fingerprint density at radius 2 is 2.06 bits per heavy atom. The Morgan fingerprint density at radius 3 is 2.75 bits per heavy atom. The van der Waals surface area contributed by atoms with Gasteiger partial charge in [-0.05, 0) is 54.3 Å². The van der Waals surface area contributed by atoms with E-state index in [2.05, 4.69) is 27.4 Å². The van der Waals surface area contributed by atoms with Gasteiger partial charge in [-0.2, -0.15) is 0 Å². The lowest BCUT2D eigenvalue weighted by molar-refractivity contribution is 0.0300. The summed E-state index contributed by atoms with van der Waals surface area (Å²) in [7, 11) is 0. The maximum atomic E-state index is 10.4. The molecule has 0 aromatic heterocycles. The van der Waals surface area contributed by atoms with Gasteiger partial charge >= 0.3 is 0 Å². The summed E-state index contributed by atoms with van der Waals surface area (Å²) in [5, 5.41) is 10.4. The number of hydrogen-bond acceptors (Lipinski definition) is 1. The van der Waals surface area contributed by atoms with Gasteiger partial charge in [-0.15, -0.1) is 0 Å². The van der Waals surface area contributed by atoms with Crippen molar-refractivity contribution in [1.29, 1.82) is 0 Å². The molecule has 3 fully saturated rings. The molecule has 5 atom stereocenters. The molecule has 1 N–H and O–H groups in total. The fraction of sp³-hybridized carbons (Fsp3) is 0.867. The Morgan fingerprint density at radius 1 is 1.38 bits per heavy atom. The maximum absolute atomic E-state index is 10.4. The molecule has 2 bridgehead atoms. The molecule has 0 aliphatic heterocycles. The van der Waals surface area contributed by atoms with Crippen LogP contribution in [0.3, 0.4) is 0 Å². The summed E-state index contributed by atoms with van der Waals surface area (Å²) in [5.74, 6) is 1.87. The van der Waals surface area contributed by atoms with Crippen LogP contribution >= 0.6 is 0 Å². The van der Waals surface area contributed by atoms with Gasteiger partial charge in [-0.1, -0.05) is 32.9 Å². The van der Waals surface area contributed by atoms with Crippen LogP contribution in [-0.4, -0.2) is 11.2 Å². The highest BCUT2D eigenvalue weighted by atomic mass is 16.3. The van der Waals surface area contributed by atoms with Crippen molar-refractivity contribution in [1.82, 2.24) is 0 Å². The highest BCUT2D eigenvalue weighted by molar-refractivity contribution is 5.24. The summed E-state index contributed by atoms with van der Waals surface area (Å²) in [6.07, 6.45) is 4.71. The van der Waals surface area contributed by atoms with Crippen LogP contribution in [0.4, 0.5) is 0 Å². The molecule has 3 aliphatic rings. The Labute approximate surface area is 98.9 Å². The zero-order valence-corrected chi connectivity index (χ0v) is 10.8. The van der Waals surface area contributed by atoms with Gasteiger partial charge in [0.1, 0.15) is 0 Å². The van der Waals surface area contributed by atoms with Crippen LogP contribution < -0.4 is 0 Å². The van der Waals surface area contributed by atoms with E-state index in [4.69, 9.17) is 0 Å². The van der Waals surface area contributed by atoms with Crippen molar-refractivity contribution < 1.29 is 5.11 Å². The molecule has 1 heteroatoms. The fourth-order valence-corrected chi connectivity index (χ4v) is 5.59. The lowest BCUT2D eigenvalue weighted by Gasteiger charge is -2.38. The van der Waals surface area contributed by atoms with Crippen molar-refractivity contribution in [3.63, 3.8) is 0 Å². The minimum Gasteiger partial charge on any atom is -0.393 e. The molecule has 2 unspecified atom stereocenters. The van der Waals surface area contributed by atoms with Gasteiger partial charge in [0.15, 0.2) is 0 Å². The Balaban J connectivity index is 2.11. The fourth-order valence-electron chi connectivity index (χ4n) is 5.59. The third-order valence-electron chi connectivity index (χ3n) is 6.27. The summed E-state index contributed by atoms with van der Waals surface area (Å²) in [6.45, 7) is 11.4. The van der Waals surface area contributed by atoms with Crippen molar-refractivity contribution in [2.45, 2.75) is 52.6 Å². The van der Waals surface area contributed by atoms with Gasteiger partial charge < -0.3 is 5.11 Å². The summed E-state index contributed by atoms with van der Waals surface area (Å²) in [5.41, 5.74) is 2.15. The van der Waals surface area contributed by atoms with Crippen LogP contribution in [0.15, 0.2) is 12.2 Å². The van der Waals surface area contributed by atoms with Crippen LogP contribution in [0.25, 0.3) is 0 Å². The first-order chi connectivity index (χ1) is 7.39. The molecule has 0 aromatic rings. The second kappa shape index (κ2) is 2.93. The topological polar surface area (TPSA) is 20.2 Å². The molecule has 0 amide bonds. The zero-order valence-electron chi connectivity index (χ0n) is 10.8. The average Bonchev–Trinajstić information content (AvgIpc) is 2.54. The first kappa shape index (κ1) is 10.8. The minimum atomic E-state index is -0.0686. The molecule has 0 saturated heterocycles. The van der Waals surface area contributed by atoms with E-state index in [1.807, 2.05) is 0 Å². The molecule has 3 aliphatic carbocycles. The Hall–Kier alpha value is -0.300. The Kier molecular flexibility index (Phi) is 1.98.